The Bertz CT molecular complexity index is 4500. The number of nitrogens with one attached hydrogen (secondary N) is 10. The quantitative estimate of drug-likeness (QED) is 0.0151. The number of carbonyl (C=O) groups is 13. The molecule has 1 fully saturated rings. The van der Waals surface area contributed by atoms with Crippen molar-refractivity contribution in [2.75, 3.05) is 261 Å². The molecule has 3 aromatic carbocycles. The van der Waals surface area contributed by atoms with Crippen molar-refractivity contribution in [3.63, 3.8) is 0 Å². The largest absolute Gasteiger partial charge is 0.481 e. The van der Waals surface area contributed by atoms with Gasteiger partial charge in [0.25, 0.3) is 0 Å². The molecular formula is C95H150IN21O29S. The van der Waals surface area contributed by atoms with E-state index in [1.807, 2.05) is 62.1 Å². The number of aliphatic carboxylic acids is 3. The molecule has 1 aliphatic rings. The highest BCUT2D eigenvalue weighted by Crippen LogP contribution is 2.22. The number of rotatable bonds is 81. The predicted octanol–water partition coefficient (Wildman–Crippen LogP) is -0.451. The maximum absolute atomic E-state index is 13.7. The standard InChI is InChI=1S/C94H150IN21O27S.CO2/c95-73-22-18-70(19-23-73)10-7-16-85(121)100-28-4-2-14-78(90(127)128)108-87(123)27-41-134-45-49-138-52-54-140-56-58-142-60-61-143-59-57-141-55-53-139-50-46-135-42-32-101-89(126)77(13-1-6-30-104-94(144)106-74-24-20-71(21-25-74)62-76-64-114(68-83(98)119)36-35-112(66-81(96)117)33-34-113(67-82(97)118)37-38-115(76)69-84(99)120)107-86(122)26-40-133-44-48-137-51-47-136-43-39-116-65-80(110-111-116)72-11-8-12-75(63-72)105-92(131)102-29-5-3-15-79(91(129)130)109-93(132)103-31-9-17-88(124)125;2-1-3/h8,11-12,18-25,63,65,76-79H,1-7,9-10,13-17,26-62,64,66-69H2,(H2,96,117)(H2,97,118)(H2,98,119)(H2,99,120)(H,100,121)(H,101,126)(H,107,122)(H,108,123)(H,124,125)(H,127,128)(H,129,130)(H2,102,105,131)(H2,103,109,132)(H2,104,106,144);. The summed E-state index contributed by atoms with van der Waals surface area (Å²) in [6.45, 7) is 9.95. The number of anilines is 2. The van der Waals surface area contributed by atoms with Crippen molar-refractivity contribution in [2.24, 2.45) is 22.9 Å². The van der Waals surface area contributed by atoms with Gasteiger partial charge in [-0.3, -0.25) is 62.8 Å². The van der Waals surface area contributed by atoms with Crippen molar-refractivity contribution in [2.45, 2.75) is 140 Å². The topological polar surface area (TPSA) is 686 Å². The number of thiocarbonyl (C=S) groups is 1. The molecule has 4 unspecified atom stereocenters. The molecule has 52 heteroatoms. The van der Waals surface area contributed by atoms with Crippen LogP contribution in [0.15, 0.2) is 79.0 Å². The zero-order chi connectivity index (χ0) is 107. The van der Waals surface area contributed by atoms with Gasteiger partial charge in [-0.25, -0.2) is 23.9 Å². The molecule has 2 heterocycles. The Morgan fingerprint density at radius 1 is 0.422 bits per heavy atom. The van der Waals surface area contributed by atoms with Crippen LogP contribution in [0.2, 0.25) is 0 Å². The summed E-state index contributed by atoms with van der Waals surface area (Å²) in [6, 6.07) is 18.1. The minimum absolute atomic E-state index is 0.00150. The Labute approximate surface area is 874 Å². The first kappa shape index (κ1) is 128. The first-order valence-electron chi connectivity index (χ1n) is 49.1. The molecule has 5 rings (SSSR count). The summed E-state index contributed by atoms with van der Waals surface area (Å²) >= 11 is 7.93. The van der Waals surface area contributed by atoms with Crippen molar-refractivity contribution in [3.8, 4) is 11.3 Å². The molecule has 12 amide bonds. The molecule has 50 nitrogen and oxygen atoms in total. The van der Waals surface area contributed by atoms with Crippen LogP contribution in [0.3, 0.4) is 0 Å². The van der Waals surface area contributed by atoms with Crippen LogP contribution in [0.4, 0.5) is 21.0 Å². The SMILES string of the molecule is NC(=O)CN1CCN(CC(N)=O)CCN(CC(N)=O)C(Cc2ccc(NC(=S)NCCCCC(NC(=O)CCOCCOCCOCCn3cc(-c4cccc(NC(=O)NCCCCC(NC(=O)NCCCC(=O)O)C(=O)O)c4)nn3)C(=O)NCCOCCOCCOCCOCCOCCOCCOCCOCCC(=O)NC(CCCCNC(=O)CCCc3ccc(I)cc3)C(=O)O)cc2)CN(CC(N)=O)CC1.O=C=O. The number of urea groups is 2. The fourth-order valence-corrected chi connectivity index (χ4v) is 14.9. The van der Waals surface area contributed by atoms with Crippen molar-refractivity contribution >= 4 is 135 Å². The fourth-order valence-electron chi connectivity index (χ4n) is 14.4. The van der Waals surface area contributed by atoms with E-state index in [1.165, 1.54) is 5.56 Å². The van der Waals surface area contributed by atoms with Crippen LogP contribution < -0.4 is 76.1 Å². The van der Waals surface area contributed by atoms with E-state index in [9.17, 15) is 72.5 Å². The van der Waals surface area contributed by atoms with Crippen LogP contribution in [0.25, 0.3) is 11.3 Å². The molecular weight excluding hydrogens is 2060 g/mol. The maximum atomic E-state index is 13.7. The number of nitrogens with two attached hydrogens (primary N) is 4. The van der Waals surface area contributed by atoms with Crippen molar-refractivity contribution < 1.29 is 139 Å². The molecule has 0 radical (unpaired) electrons. The third kappa shape index (κ3) is 67.3. The van der Waals surface area contributed by atoms with E-state index < -0.39 is 89.4 Å². The number of aromatic nitrogens is 3. The normalized spacial score (nSPS) is 13.8. The van der Waals surface area contributed by atoms with E-state index in [4.69, 9.17) is 102 Å². The Kier molecular flexibility index (Phi) is 71.1. The van der Waals surface area contributed by atoms with Gasteiger partial charge in [0.1, 0.15) is 23.8 Å². The lowest BCUT2D eigenvalue weighted by Crippen LogP contribution is -2.54. The molecule has 4 aromatic rings. The third-order valence-corrected chi connectivity index (χ3v) is 22.7. The fraction of sp³-hybridized carbons (Fsp3) is 0.632. The van der Waals surface area contributed by atoms with Crippen LogP contribution in [0.1, 0.15) is 107 Å². The number of carbonyl (C=O) groups excluding carboxylic acids is 12. The number of carboxylic acids is 3. The zero-order valence-corrected chi connectivity index (χ0v) is 86.6. The highest BCUT2D eigenvalue weighted by Gasteiger charge is 2.29. The average Bonchev–Trinajstić information content (AvgIpc) is 1.65. The summed E-state index contributed by atoms with van der Waals surface area (Å²) in [7, 11) is 0. The van der Waals surface area contributed by atoms with Gasteiger partial charge >= 0.3 is 36.1 Å². The number of hydrogen-bond acceptors (Lipinski definition) is 33. The van der Waals surface area contributed by atoms with Crippen LogP contribution in [0.5, 0.6) is 0 Å². The van der Waals surface area contributed by atoms with Gasteiger partial charge < -0.3 is 144 Å². The van der Waals surface area contributed by atoms with Crippen LogP contribution in [0, 0.1) is 3.57 Å². The number of carboxylic acid groups (broad SMARTS) is 3. The average molecular weight is 2210 g/mol. The molecule has 0 saturated carbocycles. The van der Waals surface area contributed by atoms with Crippen molar-refractivity contribution in [3.05, 3.63) is 93.7 Å². The molecule has 1 aliphatic heterocycles. The highest BCUT2D eigenvalue weighted by atomic mass is 127. The van der Waals surface area contributed by atoms with Crippen LogP contribution in [-0.2, 0) is 134 Å². The van der Waals surface area contributed by atoms with E-state index in [1.54, 1.807) is 29.1 Å². The lowest BCUT2D eigenvalue weighted by molar-refractivity contribution is -0.192. The second-order valence-electron chi connectivity index (χ2n) is 33.7. The Morgan fingerprint density at radius 3 is 1.37 bits per heavy atom. The van der Waals surface area contributed by atoms with Gasteiger partial charge in [-0.05, 0) is 166 Å². The van der Waals surface area contributed by atoms with E-state index >= 15 is 0 Å². The molecule has 0 spiro atoms. The monoisotopic (exact) mass is 2210 g/mol. The molecule has 21 N–H and O–H groups in total. The minimum Gasteiger partial charge on any atom is -0.481 e. The first-order valence-corrected chi connectivity index (χ1v) is 50.6. The van der Waals surface area contributed by atoms with E-state index in [-0.39, 0.29) is 175 Å². The van der Waals surface area contributed by atoms with Gasteiger partial charge in [-0.1, -0.05) is 41.6 Å². The number of unbranched alkanes of at least 4 members (excludes halogenated alkanes) is 3. The number of hydrogen-bond donors (Lipinski definition) is 17. The van der Waals surface area contributed by atoms with Crippen LogP contribution >= 0.6 is 34.8 Å². The minimum atomic E-state index is -1.22. The zero-order valence-electron chi connectivity index (χ0n) is 83.6. The summed E-state index contributed by atoms with van der Waals surface area (Å²) in [4.78, 5) is 184. The molecule has 147 heavy (non-hydrogen) atoms. The number of ether oxygens (including phenoxy) is 11. The molecule has 0 aliphatic carbocycles. The summed E-state index contributed by atoms with van der Waals surface area (Å²) in [5.74, 6) is -6.81. The summed E-state index contributed by atoms with van der Waals surface area (Å²) < 4.78 is 64.6. The molecule has 0 bridgehead atoms. The van der Waals surface area contributed by atoms with E-state index in [0.29, 0.717) is 224 Å². The lowest BCUT2D eigenvalue weighted by Gasteiger charge is -2.38. The molecule has 1 aromatic heterocycles. The van der Waals surface area contributed by atoms with Crippen molar-refractivity contribution in [1.29, 1.82) is 0 Å². The van der Waals surface area contributed by atoms with Gasteiger partial charge in [0.2, 0.25) is 47.3 Å². The number of nitrogens with zero attached hydrogens (tertiary/aromatic N) is 7. The molecule has 822 valence electrons. The van der Waals surface area contributed by atoms with Gasteiger partial charge in [0.05, 0.1) is 184 Å². The Balaban J connectivity index is 0.0000148. The number of primary amides is 4. The molecule has 1 saturated heterocycles. The molecule has 4 atom stereocenters. The van der Waals surface area contributed by atoms with Gasteiger partial charge in [0.15, 0.2) is 5.11 Å². The highest BCUT2D eigenvalue weighted by molar-refractivity contribution is 14.1. The smallest absolute Gasteiger partial charge is 0.373 e. The maximum Gasteiger partial charge on any atom is 0.373 e. The predicted molar refractivity (Wildman–Crippen MR) is 548 cm³/mol. The number of amides is 12. The number of benzene rings is 3. The number of aryl methyl sites for hydroxylation is 1. The second-order valence-corrected chi connectivity index (χ2v) is 35.3. The van der Waals surface area contributed by atoms with Gasteiger partial charge in [-0.2, -0.15) is 9.59 Å². The second kappa shape index (κ2) is 81.7. The summed E-state index contributed by atoms with van der Waals surface area (Å²) in [6.07, 6.45) is 8.04. The first-order chi connectivity index (χ1) is 71.0. The van der Waals surface area contributed by atoms with Crippen LogP contribution in [-0.4, -0.2) is 413 Å². The third-order valence-electron chi connectivity index (χ3n) is 21.8. The Morgan fingerprint density at radius 2 is 0.857 bits per heavy atom. The Hall–Kier alpha value is -11.3. The van der Waals surface area contributed by atoms with E-state index in [0.717, 1.165) is 22.0 Å². The van der Waals surface area contributed by atoms with E-state index in [2.05, 4.69) is 98.2 Å². The van der Waals surface area contributed by atoms with Crippen molar-refractivity contribution in [1.82, 2.24) is 77.1 Å². The summed E-state index contributed by atoms with van der Waals surface area (Å²) in [5, 5.41) is 64.6. The van der Waals surface area contributed by atoms with Gasteiger partial charge in [-0.15, -0.1) is 5.10 Å². The lowest BCUT2D eigenvalue weighted by atomic mass is 10.0. The van der Waals surface area contributed by atoms with Gasteiger partial charge in [0, 0.05) is 131 Å². The summed E-state index contributed by atoms with van der Waals surface area (Å²) in [5.41, 5.74) is 27.2. The number of halogens is 1.